The fourth-order valence-corrected chi connectivity index (χ4v) is 9.52. The molecule has 10 aromatic rings. The topological polar surface area (TPSA) is 16.4 Å². The summed E-state index contributed by atoms with van der Waals surface area (Å²) in [4.78, 5) is 2.47. The minimum absolute atomic E-state index is 0.0950. The minimum Gasteiger partial charge on any atom is -0.456 e. The zero-order valence-corrected chi connectivity index (χ0v) is 33.1. The van der Waals surface area contributed by atoms with Crippen LogP contribution in [0.3, 0.4) is 0 Å². The Morgan fingerprint density at radius 3 is 1.69 bits per heavy atom. The Morgan fingerprint density at radius 1 is 0.373 bits per heavy atom. The van der Waals surface area contributed by atoms with E-state index in [-0.39, 0.29) is 5.41 Å². The van der Waals surface area contributed by atoms with Crippen LogP contribution >= 0.6 is 0 Å². The van der Waals surface area contributed by atoms with Crippen molar-refractivity contribution in [3.63, 3.8) is 0 Å². The molecule has 2 nitrogen and oxygen atoms in total. The second kappa shape index (κ2) is 13.9. The molecule has 59 heavy (non-hydrogen) atoms. The van der Waals surface area contributed by atoms with Crippen molar-refractivity contribution in [2.45, 2.75) is 19.3 Å². The van der Waals surface area contributed by atoms with Crippen molar-refractivity contribution in [1.29, 1.82) is 0 Å². The predicted octanol–water partition coefficient (Wildman–Crippen LogP) is 16.0. The van der Waals surface area contributed by atoms with Gasteiger partial charge in [-0.15, -0.1) is 0 Å². The summed E-state index contributed by atoms with van der Waals surface area (Å²) in [6, 6.07) is 77.0. The number of nitrogens with zero attached hydrogens (tertiary/aromatic N) is 1. The van der Waals surface area contributed by atoms with Crippen molar-refractivity contribution in [3.05, 3.63) is 223 Å². The Labute approximate surface area is 345 Å². The quantitative estimate of drug-likeness (QED) is 0.161. The fraction of sp³-hybridized carbons (Fsp3) is 0.0526. The van der Waals surface area contributed by atoms with Crippen molar-refractivity contribution in [2.24, 2.45) is 0 Å². The lowest BCUT2D eigenvalue weighted by Crippen LogP contribution is -2.15. The van der Waals surface area contributed by atoms with E-state index in [1.807, 2.05) is 12.1 Å². The van der Waals surface area contributed by atoms with E-state index in [4.69, 9.17) is 4.42 Å². The first-order valence-corrected chi connectivity index (χ1v) is 20.4. The Kier molecular flexibility index (Phi) is 8.20. The van der Waals surface area contributed by atoms with Crippen molar-refractivity contribution in [2.75, 3.05) is 4.90 Å². The summed E-state index contributed by atoms with van der Waals surface area (Å²) < 4.78 is 6.30. The van der Waals surface area contributed by atoms with Crippen LogP contribution in [0, 0.1) is 0 Å². The molecule has 0 N–H and O–H groups in total. The highest BCUT2D eigenvalue weighted by Crippen LogP contribution is 2.53. The highest BCUT2D eigenvalue weighted by atomic mass is 16.3. The minimum atomic E-state index is -0.0950. The molecule has 0 amide bonds. The average Bonchev–Trinajstić information content (AvgIpc) is 3.79. The van der Waals surface area contributed by atoms with E-state index in [1.165, 1.54) is 55.6 Å². The van der Waals surface area contributed by atoms with Crippen LogP contribution < -0.4 is 4.90 Å². The van der Waals surface area contributed by atoms with Gasteiger partial charge in [0.25, 0.3) is 0 Å². The molecule has 1 aliphatic carbocycles. The maximum absolute atomic E-state index is 6.30. The number of hydrogen-bond donors (Lipinski definition) is 0. The number of anilines is 3. The maximum Gasteiger partial charge on any atom is 0.136 e. The van der Waals surface area contributed by atoms with Gasteiger partial charge < -0.3 is 9.32 Å². The molecule has 0 atom stereocenters. The van der Waals surface area contributed by atoms with Crippen molar-refractivity contribution in [3.8, 4) is 55.6 Å². The van der Waals surface area contributed by atoms with Crippen LogP contribution in [0.4, 0.5) is 17.1 Å². The van der Waals surface area contributed by atoms with Gasteiger partial charge in [0, 0.05) is 33.1 Å². The molecule has 0 radical (unpaired) electrons. The number of rotatable bonds is 7. The lowest BCUT2D eigenvalue weighted by molar-refractivity contribution is 0.660. The third-order valence-corrected chi connectivity index (χ3v) is 12.3. The first-order valence-electron chi connectivity index (χ1n) is 20.4. The Balaban J connectivity index is 1.17. The largest absolute Gasteiger partial charge is 0.456 e. The van der Waals surface area contributed by atoms with E-state index >= 15 is 0 Å². The third-order valence-electron chi connectivity index (χ3n) is 12.3. The van der Waals surface area contributed by atoms with Gasteiger partial charge in [0.2, 0.25) is 0 Å². The van der Waals surface area contributed by atoms with E-state index in [0.29, 0.717) is 0 Å². The molecule has 280 valence electrons. The molecule has 11 rings (SSSR count). The second-order valence-corrected chi connectivity index (χ2v) is 16.0. The van der Waals surface area contributed by atoms with E-state index in [1.54, 1.807) is 0 Å². The molecule has 0 fully saturated rings. The van der Waals surface area contributed by atoms with Crippen molar-refractivity contribution < 1.29 is 4.42 Å². The van der Waals surface area contributed by atoms with Crippen LogP contribution in [0.15, 0.2) is 217 Å². The van der Waals surface area contributed by atoms with Crippen molar-refractivity contribution >= 4 is 39.0 Å². The molecule has 0 saturated heterocycles. The lowest BCUT2D eigenvalue weighted by Gasteiger charge is -2.31. The number of fused-ring (bicyclic) bond motifs is 6. The van der Waals surface area contributed by atoms with E-state index in [9.17, 15) is 0 Å². The van der Waals surface area contributed by atoms with Crippen LogP contribution in [0.1, 0.15) is 25.0 Å². The molecule has 0 saturated carbocycles. The SMILES string of the molecule is CC1(C)c2ccccc2-c2cc(N(c3ccc(-c4cccc5oc6ccccc6c45)cc3)c3cccc(-c4ccccc4)c3-c3ccccc3-c3ccccc3)ccc21. The molecule has 2 heteroatoms. The Bertz CT molecular complexity index is 3170. The summed E-state index contributed by atoms with van der Waals surface area (Å²) in [6.45, 7) is 4.69. The number of benzene rings is 9. The molecule has 1 heterocycles. The predicted molar refractivity (Wildman–Crippen MR) is 248 cm³/mol. The Morgan fingerprint density at radius 2 is 0.915 bits per heavy atom. The maximum atomic E-state index is 6.30. The van der Waals surface area contributed by atoms with Gasteiger partial charge >= 0.3 is 0 Å². The fourth-order valence-electron chi connectivity index (χ4n) is 9.52. The summed E-state index contributed by atoms with van der Waals surface area (Å²) >= 11 is 0. The first-order chi connectivity index (χ1) is 29.0. The molecular formula is C57H41NO. The highest BCUT2D eigenvalue weighted by Gasteiger charge is 2.36. The van der Waals surface area contributed by atoms with Gasteiger partial charge in [-0.2, -0.15) is 0 Å². The highest BCUT2D eigenvalue weighted by molar-refractivity contribution is 6.12. The van der Waals surface area contributed by atoms with Crippen LogP contribution in [0.25, 0.3) is 77.6 Å². The van der Waals surface area contributed by atoms with Gasteiger partial charge in [-0.05, 0) is 104 Å². The zero-order valence-electron chi connectivity index (χ0n) is 33.1. The van der Waals surface area contributed by atoms with E-state index in [0.717, 1.165) is 50.1 Å². The zero-order chi connectivity index (χ0) is 39.5. The summed E-state index contributed by atoms with van der Waals surface area (Å²) in [6.07, 6.45) is 0. The van der Waals surface area contributed by atoms with Crippen molar-refractivity contribution in [1.82, 2.24) is 0 Å². The van der Waals surface area contributed by atoms with Gasteiger partial charge in [0.15, 0.2) is 0 Å². The second-order valence-electron chi connectivity index (χ2n) is 16.0. The standard InChI is InChI=1S/C57H41NO/c1-57(2)50-27-13-11-22-46(50)49-37-42(35-36-51(49)57)58(41-33-31-40(32-34-41)45-26-16-30-54-56(45)48-24-12-14-29-53(48)59-54)52-28-15-25-44(39-19-7-4-8-20-39)55(52)47-23-10-9-21-43(47)38-17-5-3-6-18-38/h3-37H,1-2H3. The van der Waals surface area contributed by atoms with Gasteiger partial charge in [-0.3, -0.25) is 0 Å². The van der Waals surface area contributed by atoms with Gasteiger partial charge in [0.1, 0.15) is 11.2 Å². The lowest BCUT2D eigenvalue weighted by atomic mass is 9.82. The van der Waals surface area contributed by atoms with Gasteiger partial charge in [0.05, 0.1) is 5.69 Å². The summed E-state index contributed by atoms with van der Waals surface area (Å²) in [5.41, 5.74) is 19.7. The smallest absolute Gasteiger partial charge is 0.136 e. The Hall–Kier alpha value is -7.42. The molecule has 0 spiro atoms. The van der Waals surface area contributed by atoms with Crippen LogP contribution in [0.2, 0.25) is 0 Å². The summed E-state index contributed by atoms with van der Waals surface area (Å²) in [7, 11) is 0. The van der Waals surface area contributed by atoms with E-state index < -0.39 is 0 Å². The molecule has 1 aromatic heterocycles. The summed E-state index contributed by atoms with van der Waals surface area (Å²) in [5, 5.41) is 2.27. The molecule has 9 aromatic carbocycles. The van der Waals surface area contributed by atoms with Gasteiger partial charge in [-0.25, -0.2) is 0 Å². The average molecular weight is 756 g/mol. The van der Waals surface area contributed by atoms with Gasteiger partial charge in [-0.1, -0.05) is 184 Å². The molecule has 1 aliphatic rings. The molecular weight excluding hydrogens is 715 g/mol. The van der Waals surface area contributed by atoms with E-state index in [2.05, 4.69) is 219 Å². The molecule has 0 aliphatic heterocycles. The normalized spacial score (nSPS) is 12.7. The summed E-state index contributed by atoms with van der Waals surface area (Å²) in [5.74, 6) is 0. The molecule has 0 bridgehead atoms. The van der Waals surface area contributed by atoms with Crippen LogP contribution in [-0.4, -0.2) is 0 Å². The number of furan rings is 1. The first kappa shape index (κ1) is 34.8. The number of para-hydroxylation sites is 1. The third kappa shape index (κ3) is 5.71. The van der Waals surface area contributed by atoms with Crippen LogP contribution in [-0.2, 0) is 5.41 Å². The monoisotopic (exact) mass is 755 g/mol. The van der Waals surface area contributed by atoms with Crippen LogP contribution in [0.5, 0.6) is 0 Å². The number of hydrogen-bond acceptors (Lipinski definition) is 2. The molecule has 0 unspecified atom stereocenters.